The maximum absolute atomic E-state index is 13.0. The van der Waals surface area contributed by atoms with Crippen molar-refractivity contribution in [1.29, 1.82) is 0 Å². The van der Waals surface area contributed by atoms with Gasteiger partial charge in [-0.3, -0.25) is 4.79 Å². The lowest BCUT2D eigenvalue weighted by Crippen LogP contribution is -2.20. The molecule has 0 saturated heterocycles. The minimum atomic E-state index is -0.351. The van der Waals surface area contributed by atoms with Gasteiger partial charge in [-0.25, -0.2) is 4.39 Å². The van der Waals surface area contributed by atoms with Crippen LogP contribution in [0, 0.1) is 5.82 Å². The molecule has 0 aliphatic heterocycles. The molecular weight excluding hydrogens is 223 g/mol. The largest absolute Gasteiger partial charge is 0.493 e. The van der Waals surface area contributed by atoms with Gasteiger partial charge in [-0.1, -0.05) is 0 Å². The summed E-state index contributed by atoms with van der Waals surface area (Å²) in [6.45, 7) is 1.99. The van der Waals surface area contributed by atoms with Crippen LogP contribution in [-0.4, -0.2) is 19.6 Å². The SMILES string of the molecule is CNC(=O)CCOc1ccc(F)cc1[C@@H](C)N. The highest BCUT2D eigenvalue weighted by atomic mass is 19.1. The van der Waals surface area contributed by atoms with Gasteiger partial charge in [0.2, 0.25) is 5.91 Å². The van der Waals surface area contributed by atoms with Crippen LogP contribution in [0.3, 0.4) is 0 Å². The van der Waals surface area contributed by atoms with Crippen LogP contribution in [-0.2, 0) is 4.79 Å². The lowest BCUT2D eigenvalue weighted by Gasteiger charge is -2.13. The normalized spacial score (nSPS) is 12.0. The first kappa shape index (κ1) is 13.4. The maximum atomic E-state index is 13.0. The Morgan fingerprint density at radius 2 is 2.29 bits per heavy atom. The van der Waals surface area contributed by atoms with Crippen molar-refractivity contribution in [3.8, 4) is 5.75 Å². The van der Waals surface area contributed by atoms with Crippen molar-refractivity contribution < 1.29 is 13.9 Å². The van der Waals surface area contributed by atoms with Gasteiger partial charge in [-0.05, 0) is 25.1 Å². The standard InChI is InChI=1S/C12H17FN2O2/c1-8(14)10-7-9(13)3-4-11(10)17-6-5-12(16)15-2/h3-4,7-8H,5-6,14H2,1-2H3,(H,15,16)/t8-/m1/s1. The number of carbonyl (C=O) groups excluding carboxylic acids is 1. The number of carbonyl (C=O) groups is 1. The Morgan fingerprint density at radius 3 is 2.88 bits per heavy atom. The summed E-state index contributed by atoms with van der Waals surface area (Å²) in [5.41, 5.74) is 6.31. The zero-order valence-corrected chi connectivity index (χ0v) is 10.00. The Morgan fingerprint density at radius 1 is 1.59 bits per heavy atom. The highest BCUT2D eigenvalue weighted by Crippen LogP contribution is 2.24. The highest BCUT2D eigenvalue weighted by molar-refractivity contribution is 5.75. The molecule has 0 aliphatic carbocycles. The van der Waals surface area contributed by atoms with Gasteiger partial charge in [0.05, 0.1) is 13.0 Å². The number of rotatable bonds is 5. The van der Waals surface area contributed by atoms with Crippen LogP contribution in [0.25, 0.3) is 0 Å². The van der Waals surface area contributed by atoms with E-state index in [0.717, 1.165) is 0 Å². The summed E-state index contributed by atoms with van der Waals surface area (Å²) in [4.78, 5) is 11.0. The van der Waals surface area contributed by atoms with Crippen LogP contribution < -0.4 is 15.8 Å². The van der Waals surface area contributed by atoms with E-state index < -0.39 is 0 Å². The smallest absolute Gasteiger partial charge is 0.223 e. The number of hydrogen-bond acceptors (Lipinski definition) is 3. The van der Waals surface area contributed by atoms with Crippen molar-refractivity contribution in [2.75, 3.05) is 13.7 Å². The molecule has 1 aromatic carbocycles. The third-order valence-corrected chi connectivity index (χ3v) is 2.33. The Balaban J connectivity index is 2.67. The molecule has 94 valence electrons. The Bertz CT molecular complexity index is 394. The maximum Gasteiger partial charge on any atom is 0.223 e. The topological polar surface area (TPSA) is 64.3 Å². The van der Waals surface area contributed by atoms with Crippen molar-refractivity contribution in [3.63, 3.8) is 0 Å². The molecule has 1 atom stereocenters. The van der Waals surface area contributed by atoms with Crippen LogP contribution in [0.15, 0.2) is 18.2 Å². The molecule has 1 amide bonds. The molecule has 0 aromatic heterocycles. The molecule has 17 heavy (non-hydrogen) atoms. The fourth-order valence-electron chi connectivity index (χ4n) is 1.39. The van der Waals surface area contributed by atoms with Gasteiger partial charge >= 0.3 is 0 Å². The van der Waals surface area contributed by atoms with Crippen molar-refractivity contribution in [1.82, 2.24) is 5.32 Å². The molecule has 5 heteroatoms. The molecule has 0 radical (unpaired) electrons. The zero-order chi connectivity index (χ0) is 12.8. The third-order valence-electron chi connectivity index (χ3n) is 2.33. The second-order valence-electron chi connectivity index (χ2n) is 3.74. The van der Waals surface area contributed by atoms with E-state index in [1.165, 1.54) is 18.2 Å². The van der Waals surface area contributed by atoms with Gasteiger partial charge < -0.3 is 15.8 Å². The summed E-state index contributed by atoms with van der Waals surface area (Å²) in [6.07, 6.45) is 0.256. The minimum absolute atomic E-state index is 0.102. The Hall–Kier alpha value is -1.62. The number of benzene rings is 1. The summed E-state index contributed by atoms with van der Waals surface area (Å²) >= 11 is 0. The van der Waals surface area contributed by atoms with E-state index in [1.807, 2.05) is 0 Å². The molecule has 3 N–H and O–H groups in total. The molecule has 1 aromatic rings. The first-order valence-corrected chi connectivity index (χ1v) is 5.43. The van der Waals surface area contributed by atoms with Gasteiger partial charge in [-0.2, -0.15) is 0 Å². The molecule has 0 aliphatic rings. The van der Waals surface area contributed by atoms with Gasteiger partial charge in [0.25, 0.3) is 0 Å². The molecule has 0 saturated carbocycles. The monoisotopic (exact) mass is 240 g/mol. The molecule has 1 rings (SSSR count). The summed E-state index contributed by atoms with van der Waals surface area (Å²) < 4.78 is 18.5. The number of nitrogens with two attached hydrogens (primary N) is 1. The van der Waals surface area contributed by atoms with Gasteiger partial charge in [0, 0.05) is 18.7 Å². The van der Waals surface area contributed by atoms with Crippen molar-refractivity contribution in [2.24, 2.45) is 5.73 Å². The molecule has 0 fully saturated rings. The fraction of sp³-hybridized carbons (Fsp3) is 0.417. The van der Waals surface area contributed by atoms with Crippen molar-refractivity contribution in [3.05, 3.63) is 29.6 Å². The number of amides is 1. The van der Waals surface area contributed by atoms with E-state index in [9.17, 15) is 9.18 Å². The van der Waals surface area contributed by atoms with Crippen LogP contribution in [0.4, 0.5) is 4.39 Å². The molecule has 0 bridgehead atoms. The summed E-state index contributed by atoms with van der Waals surface area (Å²) in [5, 5.41) is 2.49. The van der Waals surface area contributed by atoms with Crippen LogP contribution in [0.2, 0.25) is 0 Å². The summed E-state index contributed by atoms with van der Waals surface area (Å²) in [5.74, 6) is 0.0655. The van der Waals surface area contributed by atoms with Crippen molar-refractivity contribution in [2.45, 2.75) is 19.4 Å². The number of ether oxygens (including phenoxy) is 1. The molecule has 0 heterocycles. The van der Waals surface area contributed by atoms with Crippen LogP contribution in [0.1, 0.15) is 24.9 Å². The average molecular weight is 240 g/mol. The molecule has 0 unspecified atom stereocenters. The van der Waals surface area contributed by atoms with E-state index in [0.29, 0.717) is 11.3 Å². The summed E-state index contributed by atoms with van der Waals surface area (Å²) in [6, 6.07) is 3.86. The van der Waals surface area contributed by atoms with Gasteiger partial charge in [0.1, 0.15) is 11.6 Å². The Kier molecular flexibility index (Phi) is 4.90. The second-order valence-corrected chi connectivity index (χ2v) is 3.74. The third kappa shape index (κ3) is 4.03. The van der Waals surface area contributed by atoms with E-state index in [1.54, 1.807) is 14.0 Å². The summed E-state index contributed by atoms with van der Waals surface area (Å²) in [7, 11) is 1.56. The zero-order valence-electron chi connectivity index (χ0n) is 10.00. The Labute approximate surface area is 100.0 Å². The lowest BCUT2D eigenvalue weighted by molar-refractivity contribution is -0.121. The second kappa shape index (κ2) is 6.20. The predicted octanol–water partition coefficient (Wildman–Crippen LogP) is 1.36. The van der Waals surface area contributed by atoms with Crippen molar-refractivity contribution >= 4 is 5.91 Å². The van der Waals surface area contributed by atoms with E-state index in [2.05, 4.69) is 5.32 Å². The highest BCUT2D eigenvalue weighted by Gasteiger charge is 2.10. The first-order chi connectivity index (χ1) is 8.04. The van der Waals surface area contributed by atoms with Crippen LogP contribution >= 0.6 is 0 Å². The first-order valence-electron chi connectivity index (χ1n) is 5.43. The van der Waals surface area contributed by atoms with Crippen LogP contribution in [0.5, 0.6) is 5.75 Å². The predicted molar refractivity (Wildman–Crippen MR) is 63.2 cm³/mol. The average Bonchev–Trinajstić information content (AvgIpc) is 2.30. The quantitative estimate of drug-likeness (QED) is 0.816. The minimum Gasteiger partial charge on any atom is -0.493 e. The van der Waals surface area contributed by atoms with E-state index >= 15 is 0 Å². The fourth-order valence-corrected chi connectivity index (χ4v) is 1.39. The van der Waals surface area contributed by atoms with E-state index in [-0.39, 0.29) is 30.8 Å². The van der Waals surface area contributed by atoms with Gasteiger partial charge in [-0.15, -0.1) is 0 Å². The number of nitrogens with one attached hydrogen (secondary N) is 1. The van der Waals surface area contributed by atoms with E-state index in [4.69, 9.17) is 10.5 Å². The molecular formula is C12H17FN2O2. The molecule has 4 nitrogen and oxygen atoms in total. The lowest BCUT2D eigenvalue weighted by atomic mass is 10.1. The number of halogens is 1. The number of hydrogen-bond donors (Lipinski definition) is 2. The van der Waals surface area contributed by atoms with Gasteiger partial charge in [0.15, 0.2) is 0 Å². The molecule has 0 spiro atoms.